The highest BCUT2D eigenvalue weighted by Gasteiger charge is 2.32. The third-order valence-electron chi connectivity index (χ3n) is 9.59. The minimum Gasteiger partial charge on any atom is -1.00 e. The van der Waals surface area contributed by atoms with Crippen LogP contribution in [0.1, 0.15) is 94.9 Å². The number of carbonyl (C=O) groups excluding carboxylic acids is 5. The highest BCUT2D eigenvalue weighted by atomic mass is 79.9. The Morgan fingerprint density at radius 1 is 0.745 bits per heavy atom. The average molecular weight is 825 g/mol. The molecule has 0 saturated carbocycles. The van der Waals surface area contributed by atoms with Gasteiger partial charge in [-0.15, -0.1) is 0 Å². The maximum atomic E-state index is 13.7. The number of aryl methyl sites for hydroxylation is 1. The van der Waals surface area contributed by atoms with Crippen molar-refractivity contribution < 1.29 is 69.6 Å². The summed E-state index contributed by atoms with van der Waals surface area (Å²) in [5.74, 6) is -2.27. The number of aromatic amines is 2. The Morgan fingerprint density at radius 2 is 1.35 bits per heavy atom. The number of benzene rings is 1. The molecule has 3 N–H and O–H groups in total. The van der Waals surface area contributed by atoms with Gasteiger partial charge >= 0.3 is 29.8 Å². The smallest absolute Gasteiger partial charge is 0.355 e. The van der Waals surface area contributed by atoms with Crippen molar-refractivity contribution in [1.82, 2.24) is 9.97 Å². The summed E-state index contributed by atoms with van der Waals surface area (Å²) in [6.45, 7) is 7.81. The van der Waals surface area contributed by atoms with Gasteiger partial charge in [0, 0.05) is 53.6 Å². The zero-order valence-corrected chi connectivity index (χ0v) is 34.1. The molecule has 0 fully saturated rings. The molecule has 3 heterocycles. The standard InChI is InChI=1S/C41H49N3O10.BrH/c1-8-53-39(48)20-31-30(16-19-38(47)52-7)40(41(49)54-23-27-12-10-9-11-13-27)44-35(31)21-32-25(3)29(15-18-37(46)51-6)34(43-32)22-33-28(14-17-36(45)50-5)24(2)26(4)42-33;/h9-13,22,42,44H,8,14-21,23H2,1-7H3;1H/b34-22-;. The number of esters is 5. The van der Waals surface area contributed by atoms with Crippen LogP contribution in [-0.2, 0) is 75.2 Å². The molecule has 0 atom stereocenters. The Balaban J connectivity index is 0.00000812. The molecule has 0 amide bonds. The summed E-state index contributed by atoms with van der Waals surface area (Å²) in [7, 11) is 4.00. The van der Waals surface area contributed by atoms with Crippen molar-refractivity contribution in [2.75, 3.05) is 27.9 Å². The largest absolute Gasteiger partial charge is 1.00 e. The molecule has 296 valence electrons. The molecule has 0 unspecified atom stereocenters. The topological polar surface area (TPSA) is 177 Å². The van der Waals surface area contributed by atoms with Crippen molar-refractivity contribution in [2.45, 2.75) is 85.7 Å². The van der Waals surface area contributed by atoms with Crippen molar-refractivity contribution >= 4 is 41.6 Å². The molecule has 1 aliphatic rings. The number of methoxy groups -OCH3 is 3. The molecule has 55 heavy (non-hydrogen) atoms. The predicted octanol–water partition coefficient (Wildman–Crippen LogP) is 1.03. The van der Waals surface area contributed by atoms with Crippen molar-refractivity contribution in [2.24, 2.45) is 0 Å². The highest BCUT2D eigenvalue weighted by molar-refractivity contribution is 6.01. The van der Waals surface area contributed by atoms with Crippen LogP contribution >= 0.6 is 0 Å². The number of rotatable bonds is 18. The summed E-state index contributed by atoms with van der Waals surface area (Å²) in [4.78, 5) is 73.6. The Morgan fingerprint density at radius 3 is 1.95 bits per heavy atom. The van der Waals surface area contributed by atoms with Gasteiger partial charge in [0.2, 0.25) is 5.70 Å². The zero-order valence-electron chi connectivity index (χ0n) is 32.5. The fraction of sp³-hybridized carbons (Fsp3) is 0.415. The van der Waals surface area contributed by atoms with E-state index in [1.807, 2.05) is 57.2 Å². The molecular formula is C41H50BrN3O10. The Bertz CT molecular complexity index is 1970. The summed E-state index contributed by atoms with van der Waals surface area (Å²) in [6, 6.07) is 9.25. The van der Waals surface area contributed by atoms with Crippen LogP contribution in [0.4, 0.5) is 0 Å². The van der Waals surface area contributed by atoms with E-state index in [9.17, 15) is 24.0 Å². The lowest BCUT2D eigenvalue weighted by Gasteiger charge is -2.09. The van der Waals surface area contributed by atoms with Crippen LogP contribution in [0.15, 0.2) is 47.2 Å². The lowest BCUT2D eigenvalue weighted by molar-refractivity contribution is -0.387. The highest BCUT2D eigenvalue weighted by Crippen LogP contribution is 2.29. The molecule has 3 aromatic rings. The molecule has 0 saturated heterocycles. The first-order valence-corrected chi connectivity index (χ1v) is 17.9. The third kappa shape index (κ3) is 11.6. The summed E-state index contributed by atoms with van der Waals surface area (Å²) in [6.07, 6.45) is 3.32. The van der Waals surface area contributed by atoms with E-state index in [2.05, 4.69) is 15.0 Å². The molecule has 0 aliphatic carbocycles. The second kappa shape index (κ2) is 21.0. The summed E-state index contributed by atoms with van der Waals surface area (Å²) in [5, 5.41) is 0. The fourth-order valence-corrected chi connectivity index (χ4v) is 6.49. The van der Waals surface area contributed by atoms with Crippen LogP contribution in [-0.4, -0.2) is 73.5 Å². The summed E-state index contributed by atoms with van der Waals surface area (Å²) in [5.41, 5.74) is 9.56. The van der Waals surface area contributed by atoms with Gasteiger partial charge in [0.25, 0.3) is 0 Å². The van der Waals surface area contributed by atoms with E-state index in [4.69, 9.17) is 23.7 Å². The molecule has 0 spiro atoms. The van der Waals surface area contributed by atoms with Gasteiger partial charge in [0.1, 0.15) is 12.3 Å². The number of H-pyrrole nitrogens is 2. The SMILES string of the molecule is CCOC(=O)Cc1c(CC2=[NH+]/C(=C\c3[nH]c(C)c(C)c3CCC(=O)OC)C(CCC(=O)OC)=C2C)[nH]c(C(=O)OCc2ccccc2)c1CCC(=O)OC.[Br-]. The van der Waals surface area contributed by atoms with Gasteiger partial charge in [-0.25, -0.2) is 9.79 Å². The summed E-state index contributed by atoms with van der Waals surface area (Å²) < 4.78 is 25.8. The van der Waals surface area contributed by atoms with Crippen molar-refractivity contribution in [3.05, 3.63) is 97.8 Å². The van der Waals surface area contributed by atoms with E-state index in [-0.39, 0.29) is 86.4 Å². The first-order chi connectivity index (χ1) is 25.9. The number of hydrogen-bond acceptors (Lipinski definition) is 10. The summed E-state index contributed by atoms with van der Waals surface area (Å²) >= 11 is 0. The first-order valence-electron chi connectivity index (χ1n) is 17.9. The van der Waals surface area contributed by atoms with Crippen LogP contribution in [0.2, 0.25) is 0 Å². The Labute approximate surface area is 331 Å². The predicted molar refractivity (Wildman–Crippen MR) is 199 cm³/mol. The number of hydrogen-bond donors (Lipinski definition) is 3. The molecule has 14 heteroatoms. The maximum Gasteiger partial charge on any atom is 0.355 e. The fourth-order valence-electron chi connectivity index (χ4n) is 6.49. The second-order valence-electron chi connectivity index (χ2n) is 12.9. The number of halogens is 1. The second-order valence-corrected chi connectivity index (χ2v) is 12.9. The third-order valence-corrected chi connectivity index (χ3v) is 9.59. The van der Waals surface area contributed by atoms with E-state index >= 15 is 0 Å². The van der Waals surface area contributed by atoms with Gasteiger partial charge in [-0.1, -0.05) is 30.3 Å². The number of ether oxygens (including phenoxy) is 5. The van der Waals surface area contributed by atoms with Gasteiger partial charge < -0.3 is 50.6 Å². The Hall–Kier alpha value is -5.24. The minimum atomic E-state index is -0.636. The van der Waals surface area contributed by atoms with E-state index in [0.717, 1.165) is 50.6 Å². The average Bonchev–Trinajstić information content (AvgIpc) is 3.75. The zero-order chi connectivity index (χ0) is 39.4. The number of allylic oxidation sites excluding steroid dienone is 2. The van der Waals surface area contributed by atoms with Crippen LogP contribution < -0.4 is 22.0 Å². The Kier molecular flexibility index (Phi) is 16.9. The van der Waals surface area contributed by atoms with Gasteiger partial charge in [-0.3, -0.25) is 19.2 Å². The molecule has 2 aromatic heterocycles. The molecular weight excluding hydrogens is 774 g/mol. The lowest BCUT2D eigenvalue weighted by Crippen LogP contribution is -3.00. The van der Waals surface area contributed by atoms with Crippen LogP contribution in [0.25, 0.3) is 6.08 Å². The molecule has 1 aliphatic heterocycles. The van der Waals surface area contributed by atoms with Gasteiger partial charge in [-0.05, 0) is 74.8 Å². The van der Waals surface area contributed by atoms with Gasteiger partial charge in [0.15, 0.2) is 5.71 Å². The number of nitrogens with one attached hydrogen (secondary N) is 3. The van der Waals surface area contributed by atoms with Crippen LogP contribution in [0, 0.1) is 13.8 Å². The van der Waals surface area contributed by atoms with E-state index in [1.54, 1.807) is 6.92 Å². The van der Waals surface area contributed by atoms with Crippen molar-refractivity contribution in [1.29, 1.82) is 0 Å². The molecule has 13 nitrogen and oxygen atoms in total. The molecule has 0 bridgehead atoms. The molecule has 1 aromatic carbocycles. The van der Waals surface area contributed by atoms with E-state index in [0.29, 0.717) is 29.7 Å². The minimum absolute atomic E-state index is 0. The monoisotopic (exact) mass is 823 g/mol. The van der Waals surface area contributed by atoms with Gasteiger partial charge in [-0.2, -0.15) is 0 Å². The molecule has 4 rings (SSSR count). The maximum absolute atomic E-state index is 13.7. The number of aromatic nitrogens is 2. The first kappa shape index (κ1) is 44.2. The van der Waals surface area contributed by atoms with Gasteiger partial charge in [0.05, 0.1) is 40.8 Å². The normalized spacial score (nSPS) is 12.9. The lowest BCUT2D eigenvalue weighted by atomic mass is 9.95. The van der Waals surface area contributed by atoms with Crippen LogP contribution in [0.3, 0.4) is 0 Å². The quantitative estimate of drug-likeness (QED) is 0.124. The van der Waals surface area contributed by atoms with Crippen molar-refractivity contribution in [3.8, 4) is 0 Å². The molecule has 0 radical (unpaired) electrons. The van der Waals surface area contributed by atoms with Crippen molar-refractivity contribution in [3.63, 3.8) is 0 Å². The number of carbonyl (C=O) groups is 5. The van der Waals surface area contributed by atoms with Crippen LogP contribution in [0.5, 0.6) is 0 Å². The van der Waals surface area contributed by atoms with E-state index < -0.39 is 17.9 Å². The van der Waals surface area contributed by atoms with E-state index in [1.165, 1.54) is 21.3 Å².